The highest BCUT2D eigenvalue weighted by Crippen LogP contribution is 2.18. The molecule has 0 radical (unpaired) electrons. The van der Waals surface area contributed by atoms with Crippen molar-refractivity contribution in [2.75, 3.05) is 6.61 Å². The molecule has 0 aromatic carbocycles. The van der Waals surface area contributed by atoms with Crippen molar-refractivity contribution in [3.05, 3.63) is 36.4 Å². The summed E-state index contributed by atoms with van der Waals surface area (Å²) in [6.07, 6.45) is 3.54. The first-order valence-corrected chi connectivity index (χ1v) is 6.69. The number of rotatable bonds is 8. The summed E-state index contributed by atoms with van der Waals surface area (Å²) in [5.74, 6) is 1.86. The number of hydrogen-bond donors (Lipinski definition) is 2. The van der Waals surface area contributed by atoms with E-state index < -0.39 is 0 Å². The Labute approximate surface area is 110 Å². The van der Waals surface area contributed by atoms with E-state index in [1.807, 2.05) is 12.3 Å². The Balaban J connectivity index is 2.21. The van der Waals surface area contributed by atoms with Gasteiger partial charge in [0.05, 0.1) is 12.4 Å². The quantitative estimate of drug-likeness (QED) is 0.697. The van der Waals surface area contributed by atoms with Crippen LogP contribution in [-0.4, -0.2) is 17.6 Å². The Morgan fingerprint density at radius 3 is 2.72 bits per heavy atom. The van der Waals surface area contributed by atoms with Gasteiger partial charge in [-0.1, -0.05) is 27.4 Å². The van der Waals surface area contributed by atoms with E-state index in [1.54, 1.807) is 0 Å². The van der Waals surface area contributed by atoms with Crippen LogP contribution in [0.25, 0.3) is 0 Å². The predicted molar refractivity (Wildman–Crippen MR) is 76.2 cm³/mol. The molecule has 3 nitrogen and oxygen atoms in total. The topological polar surface area (TPSA) is 51.0 Å². The lowest BCUT2D eigenvalue weighted by Gasteiger charge is -2.24. The highest BCUT2D eigenvalue weighted by atomic mass is 16.5. The van der Waals surface area contributed by atoms with Crippen LogP contribution in [0.2, 0.25) is 0 Å². The van der Waals surface area contributed by atoms with Crippen molar-refractivity contribution < 1.29 is 4.74 Å². The lowest BCUT2D eigenvalue weighted by atomic mass is 9.89. The third-order valence-electron chi connectivity index (χ3n) is 3.53. The molecule has 0 aliphatic rings. The van der Waals surface area contributed by atoms with Gasteiger partial charge in [0.1, 0.15) is 0 Å². The Morgan fingerprint density at radius 1 is 1.44 bits per heavy atom. The van der Waals surface area contributed by atoms with Crippen molar-refractivity contribution in [2.24, 2.45) is 17.6 Å². The second-order valence-electron chi connectivity index (χ2n) is 5.30. The molecule has 0 saturated carbocycles. The van der Waals surface area contributed by atoms with Crippen LogP contribution in [0.1, 0.15) is 32.9 Å². The molecular weight excluding hydrogens is 224 g/mol. The van der Waals surface area contributed by atoms with Gasteiger partial charge in [0.25, 0.3) is 0 Å². The SMILES string of the molecule is C=C(CC(N)C(C)C(C)C)OCCc1ccc[nH]1. The van der Waals surface area contributed by atoms with Gasteiger partial charge in [-0.2, -0.15) is 0 Å². The van der Waals surface area contributed by atoms with Gasteiger partial charge < -0.3 is 15.5 Å². The van der Waals surface area contributed by atoms with Crippen LogP contribution in [0.4, 0.5) is 0 Å². The minimum Gasteiger partial charge on any atom is -0.498 e. The maximum atomic E-state index is 6.14. The fraction of sp³-hybridized carbons (Fsp3) is 0.600. The zero-order chi connectivity index (χ0) is 13.5. The lowest BCUT2D eigenvalue weighted by Crippen LogP contribution is -2.32. The molecule has 0 spiro atoms. The van der Waals surface area contributed by atoms with Gasteiger partial charge in [0, 0.05) is 30.8 Å². The summed E-state index contributed by atoms with van der Waals surface area (Å²) >= 11 is 0. The molecule has 2 atom stereocenters. The Bertz CT molecular complexity index is 343. The molecule has 0 bridgehead atoms. The number of nitrogens with one attached hydrogen (secondary N) is 1. The summed E-state index contributed by atoms with van der Waals surface area (Å²) in [5.41, 5.74) is 7.32. The molecule has 102 valence electrons. The molecule has 2 unspecified atom stereocenters. The second kappa shape index (κ2) is 7.27. The second-order valence-corrected chi connectivity index (χ2v) is 5.30. The van der Waals surface area contributed by atoms with Crippen LogP contribution in [0.5, 0.6) is 0 Å². The lowest BCUT2D eigenvalue weighted by molar-refractivity contribution is 0.192. The summed E-state index contributed by atoms with van der Waals surface area (Å²) in [4.78, 5) is 3.15. The van der Waals surface area contributed by atoms with Gasteiger partial charge in [-0.3, -0.25) is 0 Å². The third-order valence-corrected chi connectivity index (χ3v) is 3.53. The number of nitrogens with two attached hydrogens (primary N) is 1. The fourth-order valence-electron chi connectivity index (χ4n) is 1.83. The molecular formula is C15H26N2O. The van der Waals surface area contributed by atoms with E-state index in [2.05, 4.69) is 38.4 Å². The monoisotopic (exact) mass is 250 g/mol. The molecule has 1 heterocycles. The van der Waals surface area contributed by atoms with Gasteiger partial charge in [-0.05, 0) is 24.0 Å². The summed E-state index contributed by atoms with van der Waals surface area (Å²) in [5, 5.41) is 0. The van der Waals surface area contributed by atoms with Crippen LogP contribution in [0, 0.1) is 11.8 Å². The van der Waals surface area contributed by atoms with Crippen LogP contribution < -0.4 is 5.73 Å². The summed E-state index contributed by atoms with van der Waals surface area (Å²) in [6.45, 7) is 11.2. The standard InChI is InChI=1S/C15H26N2O/c1-11(2)13(4)15(16)10-12(3)18-9-7-14-6-5-8-17-14/h5-6,8,11,13,15,17H,3,7,9-10,16H2,1-2,4H3. The van der Waals surface area contributed by atoms with Crippen molar-refractivity contribution >= 4 is 0 Å². The smallest absolute Gasteiger partial charge is 0.0931 e. The average molecular weight is 250 g/mol. The largest absolute Gasteiger partial charge is 0.498 e. The molecule has 0 amide bonds. The number of H-pyrrole nitrogens is 1. The molecule has 1 aromatic rings. The van der Waals surface area contributed by atoms with Gasteiger partial charge in [-0.25, -0.2) is 0 Å². The molecule has 0 aliphatic carbocycles. The van der Waals surface area contributed by atoms with E-state index in [0.29, 0.717) is 18.4 Å². The van der Waals surface area contributed by atoms with Crippen molar-refractivity contribution in [1.29, 1.82) is 0 Å². The predicted octanol–water partition coefficient (Wildman–Crippen LogP) is 3.10. The Morgan fingerprint density at radius 2 is 2.17 bits per heavy atom. The molecule has 1 aromatic heterocycles. The van der Waals surface area contributed by atoms with E-state index in [-0.39, 0.29) is 6.04 Å². The minimum atomic E-state index is 0.128. The minimum absolute atomic E-state index is 0.128. The average Bonchev–Trinajstić information content (AvgIpc) is 2.80. The first-order valence-electron chi connectivity index (χ1n) is 6.69. The van der Waals surface area contributed by atoms with E-state index in [4.69, 9.17) is 10.5 Å². The Kier molecular flexibility index (Phi) is 5.99. The van der Waals surface area contributed by atoms with Crippen LogP contribution in [0.3, 0.4) is 0 Å². The van der Waals surface area contributed by atoms with Crippen molar-refractivity contribution in [1.82, 2.24) is 4.98 Å². The molecule has 0 aliphatic heterocycles. The molecule has 1 rings (SSSR count). The van der Waals surface area contributed by atoms with E-state index in [9.17, 15) is 0 Å². The van der Waals surface area contributed by atoms with Crippen LogP contribution >= 0.6 is 0 Å². The number of hydrogen-bond acceptors (Lipinski definition) is 2. The molecule has 0 saturated heterocycles. The highest BCUT2D eigenvalue weighted by molar-refractivity contribution is 5.03. The molecule has 3 N–H and O–H groups in total. The number of ether oxygens (including phenoxy) is 1. The first kappa shape index (κ1) is 14.8. The maximum Gasteiger partial charge on any atom is 0.0931 e. The van der Waals surface area contributed by atoms with E-state index >= 15 is 0 Å². The number of aromatic amines is 1. The van der Waals surface area contributed by atoms with Crippen molar-refractivity contribution in [2.45, 2.75) is 39.7 Å². The van der Waals surface area contributed by atoms with Gasteiger partial charge >= 0.3 is 0 Å². The van der Waals surface area contributed by atoms with Crippen LogP contribution in [-0.2, 0) is 11.2 Å². The number of aromatic nitrogens is 1. The maximum absolute atomic E-state index is 6.14. The fourth-order valence-corrected chi connectivity index (χ4v) is 1.83. The third kappa shape index (κ3) is 4.96. The highest BCUT2D eigenvalue weighted by Gasteiger charge is 2.17. The van der Waals surface area contributed by atoms with E-state index in [1.165, 1.54) is 5.69 Å². The van der Waals surface area contributed by atoms with Crippen molar-refractivity contribution in [3.8, 4) is 0 Å². The molecule has 18 heavy (non-hydrogen) atoms. The molecule has 3 heteroatoms. The van der Waals surface area contributed by atoms with Gasteiger partial charge in [0.2, 0.25) is 0 Å². The van der Waals surface area contributed by atoms with Gasteiger partial charge in [0.15, 0.2) is 0 Å². The van der Waals surface area contributed by atoms with Gasteiger partial charge in [-0.15, -0.1) is 0 Å². The summed E-state index contributed by atoms with van der Waals surface area (Å²) in [7, 11) is 0. The zero-order valence-electron chi connectivity index (χ0n) is 11.8. The first-order chi connectivity index (χ1) is 8.50. The summed E-state index contributed by atoms with van der Waals surface area (Å²) < 4.78 is 5.62. The summed E-state index contributed by atoms with van der Waals surface area (Å²) in [6, 6.07) is 4.17. The normalized spacial score (nSPS) is 14.5. The van der Waals surface area contributed by atoms with Crippen LogP contribution in [0.15, 0.2) is 30.7 Å². The zero-order valence-corrected chi connectivity index (χ0v) is 11.8. The van der Waals surface area contributed by atoms with Crippen molar-refractivity contribution in [3.63, 3.8) is 0 Å². The van der Waals surface area contributed by atoms with E-state index in [0.717, 1.165) is 18.6 Å². The molecule has 0 fully saturated rings. The Hall–Kier alpha value is -1.22.